The molecular formula is C20H17BrF3N3O2. The molecule has 9 heteroatoms. The van der Waals surface area contributed by atoms with E-state index in [1.807, 2.05) is 19.1 Å². The van der Waals surface area contributed by atoms with Gasteiger partial charge in [-0.25, -0.2) is 4.68 Å². The fraction of sp³-hybridized carbons (Fsp3) is 0.200. The van der Waals surface area contributed by atoms with Gasteiger partial charge in [0, 0.05) is 17.2 Å². The molecule has 0 fully saturated rings. The van der Waals surface area contributed by atoms with Gasteiger partial charge in [-0.2, -0.15) is 18.3 Å². The Morgan fingerprint density at radius 2 is 1.93 bits per heavy atom. The highest BCUT2D eigenvalue weighted by atomic mass is 79.9. The largest absolute Gasteiger partial charge is 0.493 e. The quantitative estimate of drug-likeness (QED) is 0.526. The molecule has 3 aromatic rings. The van der Waals surface area contributed by atoms with E-state index in [1.54, 1.807) is 13.1 Å². The number of amides is 1. The zero-order chi connectivity index (χ0) is 21.3. The molecule has 5 nitrogen and oxygen atoms in total. The van der Waals surface area contributed by atoms with Crippen LogP contribution in [0.2, 0.25) is 0 Å². The summed E-state index contributed by atoms with van der Waals surface area (Å²) in [5, 5.41) is 4.19. The Hall–Kier alpha value is -2.81. The summed E-state index contributed by atoms with van der Waals surface area (Å²) in [4.78, 5) is 14.4. The second kappa shape index (κ2) is 7.90. The maximum absolute atomic E-state index is 13.0. The molecule has 0 aliphatic heterocycles. The minimum Gasteiger partial charge on any atom is -0.493 e. The maximum atomic E-state index is 13.0. The number of anilines is 1. The van der Waals surface area contributed by atoms with Crippen molar-refractivity contribution in [2.75, 3.05) is 19.1 Å². The number of aryl methyl sites for hydroxylation is 1. The second-order valence-electron chi connectivity index (χ2n) is 6.33. The van der Waals surface area contributed by atoms with Gasteiger partial charge in [-0.15, -0.1) is 0 Å². The predicted octanol–water partition coefficient (Wildman–Crippen LogP) is 5.25. The van der Waals surface area contributed by atoms with Crippen LogP contribution in [0.4, 0.5) is 18.9 Å². The highest BCUT2D eigenvalue weighted by molar-refractivity contribution is 9.10. The molecule has 0 atom stereocenters. The van der Waals surface area contributed by atoms with Crippen molar-refractivity contribution in [2.45, 2.75) is 13.1 Å². The predicted molar refractivity (Wildman–Crippen MR) is 107 cm³/mol. The minimum absolute atomic E-state index is 0.00488. The van der Waals surface area contributed by atoms with Crippen molar-refractivity contribution in [2.24, 2.45) is 0 Å². The fourth-order valence-electron chi connectivity index (χ4n) is 2.88. The third-order valence-electron chi connectivity index (χ3n) is 4.37. The summed E-state index contributed by atoms with van der Waals surface area (Å²) >= 11 is 3.38. The van der Waals surface area contributed by atoms with E-state index in [9.17, 15) is 18.0 Å². The van der Waals surface area contributed by atoms with Crippen molar-refractivity contribution in [3.05, 3.63) is 70.0 Å². The van der Waals surface area contributed by atoms with Gasteiger partial charge >= 0.3 is 6.18 Å². The van der Waals surface area contributed by atoms with E-state index in [2.05, 4.69) is 21.0 Å². The number of carbonyl (C=O) groups is 1. The molecule has 0 bridgehead atoms. The van der Waals surface area contributed by atoms with Crippen LogP contribution in [0.25, 0.3) is 5.69 Å². The summed E-state index contributed by atoms with van der Waals surface area (Å²) in [7, 11) is 2.97. The highest BCUT2D eigenvalue weighted by Gasteiger charge is 2.31. The molecular weight excluding hydrogens is 451 g/mol. The summed E-state index contributed by atoms with van der Waals surface area (Å²) in [6.45, 7) is 1.86. The normalized spacial score (nSPS) is 11.4. The SMILES string of the molecule is COc1cn(-c2cccc(C(F)(F)F)c2)nc1C(=O)N(C)c1ccc(Br)cc1C. The fourth-order valence-corrected chi connectivity index (χ4v) is 3.35. The van der Waals surface area contributed by atoms with Crippen molar-refractivity contribution in [3.63, 3.8) is 0 Å². The second-order valence-corrected chi connectivity index (χ2v) is 7.25. The number of alkyl halides is 3. The van der Waals surface area contributed by atoms with Crippen LogP contribution in [-0.2, 0) is 6.18 Å². The van der Waals surface area contributed by atoms with Gasteiger partial charge in [0.15, 0.2) is 11.4 Å². The molecule has 29 heavy (non-hydrogen) atoms. The van der Waals surface area contributed by atoms with Crippen LogP contribution in [0.15, 0.2) is 53.1 Å². The Kier molecular flexibility index (Phi) is 5.70. The van der Waals surface area contributed by atoms with Gasteiger partial charge < -0.3 is 9.64 Å². The first-order valence-corrected chi connectivity index (χ1v) is 9.26. The van der Waals surface area contributed by atoms with Crippen LogP contribution in [0.1, 0.15) is 21.6 Å². The smallest absolute Gasteiger partial charge is 0.416 e. The number of nitrogens with zero attached hydrogens (tertiary/aromatic N) is 3. The zero-order valence-electron chi connectivity index (χ0n) is 15.8. The number of hydrogen-bond donors (Lipinski definition) is 0. The first kappa shape index (κ1) is 20.9. The molecule has 0 saturated carbocycles. The molecule has 152 valence electrons. The van der Waals surface area contributed by atoms with Crippen LogP contribution in [-0.4, -0.2) is 29.8 Å². The van der Waals surface area contributed by atoms with Crippen molar-refractivity contribution in [3.8, 4) is 11.4 Å². The number of carbonyl (C=O) groups excluding carboxylic acids is 1. The number of hydrogen-bond acceptors (Lipinski definition) is 3. The molecule has 1 amide bonds. The standard InChI is InChI=1S/C20H17BrF3N3O2/c1-12-9-14(21)7-8-16(12)26(2)19(28)18-17(29-3)11-27(25-18)15-6-4-5-13(10-15)20(22,23)24/h4-11H,1-3H3. The Morgan fingerprint density at radius 3 is 2.55 bits per heavy atom. The molecule has 1 heterocycles. The lowest BCUT2D eigenvalue weighted by Crippen LogP contribution is -2.27. The number of halogens is 4. The molecule has 0 aliphatic rings. The Balaban J connectivity index is 1.99. The lowest BCUT2D eigenvalue weighted by molar-refractivity contribution is -0.137. The molecule has 0 N–H and O–H groups in total. The van der Waals surface area contributed by atoms with Gasteiger partial charge in [-0.3, -0.25) is 4.79 Å². The van der Waals surface area contributed by atoms with Gasteiger partial charge in [0.1, 0.15) is 0 Å². The van der Waals surface area contributed by atoms with Crippen molar-refractivity contribution in [1.29, 1.82) is 0 Å². The van der Waals surface area contributed by atoms with E-state index in [0.717, 1.165) is 22.2 Å². The summed E-state index contributed by atoms with van der Waals surface area (Å²) in [5.74, 6) is -0.285. The zero-order valence-corrected chi connectivity index (χ0v) is 17.4. The average Bonchev–Trinajstić information content (AvgIpc) is 3.11. The van der Waals surface area contributed by atoms with Crippen molar-refractivity contribution < 1.29 is 22.7 Å². The first-order chi connectivity index (χ1) is 13.6. The lowest BCUT2D eigenvalue weighted by Gasteiger charge is -2.19. The van der Waals surface area contributed by atoms with Gasteiger partial charge in [0.05, 0.1) is 24.6 Å². The average molecular weight is 468 g/mol. The Bertz CT molecular complexity index is 1060. The number of rotatable bonds is 4. The molecule has 3 rings (SSSR count). The Morgan fingerprint density at radius 1 is 1.21 bits per heavy atom. The lowest BCUT2D eigenvalue weighted by atomic mass is 10.2. The number of methoxy groups -OCH3 is 1. The van der Waals surface area contributed by atoms with Gasteiger partial charge in [-0.1, -0.05) is 22.0 Å². The number of aromatic nitrogens is 2. The summed E-state index contributed by atoms with van der Waals surface area (Å²) in [6.07, 6.45) is -3.10. The Labute approximate surface area is 173 Å². The maximum Gasteiger partial charge on any atom is 0.416 e. The molecule has 0 spiro atoms. The minimum atomic E-state index is -4.48. The summed E-state index contributed by atoms with van der Waals surface area (Å²) in [5.41, 5.74) is 0.898. The van der Waals surface area contributed by atoms with Crippen LogP contribution < -0.4 is 9.64 Å². The third-order valence-corrected chi connectivity index (χ3v) is 4.86. The molecule has 0 saturated heterocycles. The van der Waals surface area contributed by atoms with E-state index in [0.29, 0.717) is 5.69 Å². The van der Waals surface area contributed by atoms with Crippen molar-refractivity contribution in [1.82, 2.24) is 9.78 Å². The first-order valence-electron chi connectivity index (χ1n) is 8.47. The number of ether oxygens (including phenoxy) is 1. The van der Waals surface area contributed by atoms with E-state index in [-0.39, 0.29) is 17.1 Å². The van der Waals surface area contributed by atoms with E-state index in [1.165, 1.54) is 35.0 Å². The van der Waals surface area contributed by atoms with Gasteiger partial charge in [0.2, 0.25) is 0 Å². The molecule has 2 aromatic carbocycles. The van der Waals surface area contributed by atoms with E-state index < -0.39 is 17.6 Å². The highest BCUT2D eigenvalue weighted by Crippen LogP contribution is 2.31. The van der Waals surface area contributed by atoms with Crippen molar-refractivity contribution >= 4 is 27.5 Å². The van der Waals surface area contributed by atoms with Crippen LogP contribution >= 0.6 is 15.9 Å². The molecule has 0 radical (unpaired) electrons. The summed E-state index contributed by atoms with van der Waals surface area (Å²) in [6, 6.07) is 10.2. The molecule has 0 unspecified atom stereocenters. The summed E-state index contributed by atoms with van der Waals surface area (Å²) < 4.78 is 46.3. The van der Waals surface area contributed by atoms with Crippen LogP contribution in [0.3, 0.4) is 0 Å². The van der Waals surface area contributed by atoms with Gasteiger partial charge in [0.25, 0.3) is 5.91 Å². The molecule has 1 aromatic heterocycles. The topological polar surface area (TPSA) is 47.4 Å². The number of benzene rings is 2. The van der Waals surface area contributed by atoms with Crippen LogP contribution in [0.5, 0.6) is 5.75 Å². The van der Waals surface area contributed by atoms with Gasteiger partial charge in [-0.05, 0) is 48.9 Å². The third kappa shape index (κ3) is 4.29. The molecule has 0 aliphatic carbocycles. The van der Waals surface area contributed by atoms with Crippen LogP contribution in [0, 0.1) is 6.92 Å². The van der Waals surface area contributed by atoms with E-state index in [4.69, 9.17) is 4.74 Å². The monoisotopic (exact) mass is 467 g/mol. The van der Waals surface area contributed by atoms with E-state index >= 15 is 0 Å².